The number of benzene rings is 2. The van der Waals surface area contributed by atoms with Gasteiger partial charge in [-0.05, 0) is 61.4 Å². The van der Waals surface area contributed by atoms with Crippen molar-refractivity contribution in [2.45, 2.75) is 25.7 Å². The molecule has 134 valence electrons. The van der Waals surface area contributed by atoms with Gasteiger partial charge in [-0.1, -0.05) is 24.6 Å². The lowest BCUT2D eigenvalue weighted by molar-refractivity contribution is -0.116. The van der Waals surface area contributed by atoms with E-state index in [4.69, 9.17) is 11.6 Å². The Bertz CT molecular complexity index is 844. The van der Waals surface area contributed by atoms with Crippen LogP contribution in [0.1, 0.15) is 18.1 Å². The third-order valence-electron chi connectivity index (χ3n) is 3.63. The molecule has 7 heteroatoms. The zero-order valence-electron chi connectivity index (χ0n) is 14.4. The third-order valence-corrected chi connectivity index (χ3v) is 5.82. The Morgan fingerprint density at radius 1 is 1.08 bits per heavy atom. The maximum atomic E-state index is 12.7. The van der Waals surface area contributed by atoms with Gasteiger partial charge >= 0.3 is 0 Å². The van der Waals surface area contributed by atoms with Crippen molar-refractivity contribution in [2.75, 3.05) is 18.4 Å². The molecule has 2 rings (SSSR count). The van der Waals surface area contributed by atoms with Crippen LogP contribution in [0.25, 0.3) is 0 Å². The van der Waals surface area contributed by atoms with Gasteiger partial charge in [0.05, 0.1) is 11.4 Å². The van der Waals surface area contributed by atoms with Crippen molar-refractivity contribution in [3.63, 3.8) is 0 Å². The number of carbonyl (C=O) groups is 1. The van der Waals surface area contributed by atoms with Gasteiger partial charge in [-0.3, -0.25) is 4.79 Å². The second kappa shape index (κ2) is 7.99. The molecule has 2 aromatic carbocycles. The first-order valence-corrected chi connectivity index (χ1v) is 9.68. The average Bonchev–Trinajstić information content (AvgIpc) is 2.51. The quantitative estimate of drug-likeness (QED) is 0.832. The van der Waals surface area contributed by atoms with Crippen molar-refractivity contribution in [2.24, 2.45) is 0 Å². The van der Waals surface area contributed by atoms with Gasteiger partial charge < -0.3 is 5.32 Å². The molecule has 0 bridgehead atoms. The van der Waals surface area contributed by atoms with Gasteiger partial charge in [0.2, 0.25) is 15.9 Å². The van der Waals surface area contributed by atoms with E-state index >= 15 is 0 Å². The third kappa shape index (κ3) is 5.04. The Balaban J connectivity index is 2.15. The number of nitrogens with zero attached hydrogens (tertiary/aromatic N) is 1. The van der Waals surface area contributed by atoms with E-state index in [1.54, 1.807) is 6.92 Å². The second-order valence-corrected chi connectivity index (χ2v) is 8.18. The highest BCUT2D eigenvalue weighted by atomic mass is 35.5. The highest BCUT2D eigenvalue weighted by molar-refractivity contribution is 7.89. The normalized spacial score (nSPS) is 11.6. The van der Waals surface area contributed by atoms with E-state index < -0.39 is 10.0 Å². The Morgan fingerprint density at radius 2 is 1.64 bits per heavy atom. The minimum atomic E-state index is -3.76. The largest absolute Gasteiger partial charge is 0.325 e. The van der Waals surface area contributed by atoms with E-state index in [0.29, 0.717) is 10.7 Å². The maximum absolute atomic E-state index is 12.7. The Morgan fingerprint density at radius 3 is 2.16 bits per heavy atom. The van der Waals surface area contributed by atoms with Gasteiger partial charge in [0.25, 0.3) is 0 Å². The van der Waals surface area contributed by atoms with Crippen molar-refractivity contribution in [3.05, 3.63) is 58.6 Å². The Kier molecular flexibility index (Phi) is 6.21. The Hall–Kier alpha value is -1.89. The number of aryl methyl sites for hydroxylation is 2. The van der Waals surface area contributed by atoms with Crippen LogP contribution in [0.4, 0.5) is 5.69 Å². The molecule has 2 aromatic rings. The molecule has 0 unspecified atom stereocenters. The molecule has 0 radical (unpaired) electrons. The van der Waals surface area contributed by atoms with Gasteiger partial charge in [-0.25, -0.2) is 8.42 Å². The van der Waals surface area contributed by atoms with Gasteiger partial charge in [-0.15, -0.1) is 0 Å². The fraction of sp³-hybridized carbons (Fsp3) is 0.278. The number of nitrogens with one attached hydrogen (secondary N) is 1. The number of sulfonamides is 1. The van der Waals surface area contributed by atoms with E-state index in [0.717, 1.165) is 15.4 Å². The first kappa shape index (κ1) is 19.4. The number of anilines is 1. The van der Waals surface area contributed by atoms with Gasteiger partial charge in [0.15, 0.2) is 0 Å². The van der Waals surface area contributed by atoms with Crippen LogP contribution in [-0.2, 0) is 14.8 Å². The van der Waals surface area contributed by atoms with E-state index in [-0.39, 0.29) is 23.9 Å². The molecule has 0 saturated carbocycles. The summed E-state index contributed by atoms with van der Waals surface area (Å²) in [6.07, 6.45) is 0. The van der Waals surface area contributed by atoms with Gasteiger partial charge in [-0.2, -0.15) is 4.31 Å². The summed E-state index contributed by atoms with van der Waals surface area (Å²) in [5.74, 6) is -0.385. The molecule has 1 amide bonds. The first-order valence-electron chi connectivity index (χ1n) is 7.86. The van der Waals surface area contributed by atoms with E-state index in [1.807, 2.05) is 32.0 Å². The van der Waals surface area contributed by atoms with Crippen molar-refractivity contribution in [1.82, 2.24) is 4.31 Å². The lowest BCUT2D eigenvalue weighted by atomic mass is 10.1. The average molecular weight is 381 g/mol. The number of hydrogen-bond acceptors (Lipinski definition) is 3. The fourth-order valence-corrected chi connectivity index (χ4v) is 4.06. The molecule has 0 heterocycles. The van der Waals surface area contributed by atoms with E-state index in [9.17, 15) is 13.2 Å². The number of likely N-dealkylation sites (N-methyl/N-ethyl adjacent to an activating group) is 1. The molecule has 0 fully saturated rings. The summed E-state index contributed by atoms with van der Waals surface area (Å²) in [6, 6.07) is 11.6. The molecule has 0 aliphatic carbocycles. The van der Waals surface area contributed by atoms with Crippen LogP contribution in [0, 0.1) is 13.8 Å². The van der Waals surface area contributed by atoms with Crippen LogP contribution in [0.15, 0.2) is 47.4 Å². The van der Waals surface area contributed by atoms with Crippen LogP contribution in [0.3, 0.4) is 0 Å². The lowest BCUT2D eigenvalue weighted by Crippen LogP contribution is -2.37. The predicted molar refractivity (Wildman–Crippen MR) is 100 cm³/mol. The van der Waals surface area contributed by atoms with Crippen LogP contribution in [0.2, 0.25) is 5.02 Å². The van der Waals surface area contributed by atoms with Gasteiger partial charge in [0, 0.05) is 17.3 Å². The number of halogens is 1. The van der Waals surface area contributed by atoms with Crippen molar-refractivity contribution < 1.29 is 13.2 Å². The van der Waals surface area contributed by atoms with E-state index in [1.165, 1.54) is 24.3 Å². The molecule has 0 spiro atoms. The van der Waals surface area contributed by atoms with Crippen molar-refractivity contribution in [3.8, 4) is 0 Å². The molecule has 25 heavy (non-hydrogen) atoms. The lowest BCUT2D eigenvalue weighted by Gasteiger charge is -2.20. The molecule has 0 aliphatic rings. The minimum Gasteiger partial charge on any atom is -0.325 e. The minimum absolute atomic E-state index is 0.109. The SMILES string of the molecule is CCN(CC(=O)Nc1cc(C)cc(C)c1)S(=O)(=O)c1ccc(Cl)cc1. The molecule has 0 atom stereocenters. The zero-order chi connectivity index (χ0) is 18.6. The zero-order valence-corrected chi connectivity index (χ0v) is 16.0. The maximum Gasteiger partial charge on any atom is 0.243 e. The smallest absolute Gasteiger partial charge is 0.243 e. The van der Waals surface area contributed by atoms with Crippen LogP contribution >= 0.6 is 11.6 Å². The molecular formula is C18H21ClN2O3S. The van der Waals surface area contributed by atoms with Crippen molar-refractivity contribution in [1.29, 1.82) is 0 Å². The number of rotatable bonds is 6. The number of hydrogen-bond donors (Lipinski definition) is 1. The molecular weight excluding hydrogens is 360 g/mol. The van der Waals surface area contributed by atoms with Crippen LogP contribution in [-0.4, -0.2) is 31.7 Å². The highest BCUT2D eigenvalue weighted by Gasteiger charge is 2.25. The summed E-state index contributed by atoms with van der Waals surface area (Å²) < 4.78 is 26.5. The topological polar surface area (TPSA) is 66.5 Å². The Labute approximate surface area is 153 Å². The first-order chi connectivity index (χ1) is 11.7. The van der Waals surface area contributed by atoms with Crippen molar-refractivity contribution >= 4 is 33.2 Å². The summed E-state index contributed by atoms with van der Waals surface area (Å²) in [5, 5.41) is 3.21. The van der Waals surface area contributed by atoms with Gasteiger partial charge in [0.1, 0.15) is 0 Å². The molecule has 0 aromatic heterocycles. The summed E-state index contributed by atoms with van der Waals surface area (Å²) in [5.41, 5.74) is 2.70. The summed E-state index contributed by atoms with van der Waals surface area (Å²) in [6.45, 7) is 5.50. The molecule has 5 nitrogen and oxygen atoms in total. The second-order valence-electron chi connectivity index (χ2n) is 5.81. The van der Waals surface area contributed by atoms with Crippen LogP contribution < -0.4 is 5.32 Å². The number of carbonyl (C=O) groups excluding carboxylic acids is 1. The fourth-order valence-electron chi connectivity index (χ4n) is 2.53. The summed E-state index contributed by atoms with van der Waals surface area (Å²) >= 11 is 5.80. The van der Waals surface area contributed by atoms with Crippen LogP contribution in [0.5, 0.6) is 0 Å². The molecule has 0 aliphatic heterocycles. The van der Waals surface area contributed by atoms with E-state index in [2.05, 4.69) is 5.32 Å². The highest BCUT2D eigenvalue weighted by Crippen LogP contribution is 2.19. The molecule has 1 N–H and O–H groups in total. The summed E-state index contributed by atoms with van der Waals surface area (Å²) in [7, 11) is -3.76. The molecule has 0 saturated heterocycles. The standard InChI is InChI=1S/C18H21ClN2O3S/c1-4-21(25(23,24)17-7-5-15(19)6-8-17)12-18(22)20-16-10-13(2)9-14(3)11-16/h5-11H,4,12H2,1-3H3,(H,20,22). The monoisotopic (exact) mass is 380 g/mol. The number of amides is 1. The summed E-state index contributed by atoms with van der Waals surface area (Å²) in [4.78, 5) is 12.4. The predicted octanol–water partition coefficient (Wildman–Crippen LogP) is 3.61.